The van der Waals surface area contributed by atoms with Crippen LogP contribution in [0.5, 0.6) is 0 Å². The maximum Gasteiger partial charge on any atom is 0.251 e. The molecule has 1 atom stereocenters. The summed E-state index contributed by atoms with van der Waals surface area (Å²) >= 11 is 0. The van der Waals surface area contributed by atoms with Crippen LogP contribution in [0.15, 0.2) is 53.4 Å². The maximum atomic E-state index is 12.8. The van der Waals surface area contributed by atoms with Gasteiger partial charge < -0.3 is 5.32 Å². The summed E-state index contributed by atoms with van der Waals surface area (Å²) in [6.07, 6.45) is 5.43. The number of hydrogen-bond donors (Lipinski definition) is 2. The number of carbonyl (C=O) groups excluding carboxylic acids is 1. The van der Waals surface area contributed by atoms with E-state index in [1.165, 1.54) is 12.5 Å². The Kier molecular flexibility index (Phi) is 6.52. The number of benzene rings is 2. The lowest BCUT2D eigenvalue weighted by atomic mass is 9.95. The summed E-state index contributed by atoms with van der Waals surface area (Å²) in [6, 6.07) is 13.9. The highest BCUT2D eigenvalue weighted by molar-refractivity contribution is 7.89. The van der Waals surface area contributed by atoms with E-state index in [9.17, 15) is 13.2 Å². The molecule has 6 heteroatoms. The van der Waals surface area contributed by atoms with Crippen LogP contribution in [-0.2, 0) is 10.0 Å². The minimum absolute atomic E-state index is 0.106. The van der Waals surface area contributed by atoms with Crippen LogP contribution in [0, 0.1) is 6.92 Å². The first-order valence-corrected chi connectivity index (χ1v) is 11.3. The normalized spacial score (nSPS) is 16.5. The van der Waals surface area contributed by atoms with Gasteiger partial charge in [-0.1, -0.05) is 55.7 Å². The second-order valence-electron chi connectivity index (χ2n) is 7.54. The molecule has 0 radical (unpaired) electrons. The molecule has 28 heavy (non-hydrogen) atoms. The monoisotopic (exact) mass is 400 g/mol. The molecule has 0 bridgehead atoms. The third kappa shape index (κ3) is 5.00. The quantitative estimate of drug-likeness (QED) is 0.767. The Bertz CT molecular complexity index is 920. The number of hydrogen-bond acceptors (Lipinski definition) is 3. The molecule has 1 aliphatic rings. The minimum atomic E-state index is -3.74. The Morgan fingerprint density at radius 1 is 1.04 bits per heavy atom. The molecule has 2 aromatic rings. The van der Waals surface area contributed by atoms with Gasteiger partial charge in [-0.05, 0) is 49.9 Å². The molecule has 0 aliphatic heterocycles. The third-order valence-corrected chi connectivity index (χ3v) is 6.87. The lowest BCUT2D eigenvalue weighted by Gasteiger charge is -2.23. The van der Waals surface area contributed by atoms with Gasteiger partial charge >= 0.3 is 0 Å². The molecule has 5 nitrogen and oxygen atoms in total. The highest BCUT2D eigenvalue weighted by atomic mass is 32.2. The van der Waals surface area contributed by atoms with Crippen molar-refractivity contribution in [3.8, 4) is 0 Å². The molecule has 2 N–H and O–H groups in total. The minimum Gasteiger partial charge on any atom is -0.349 e. The van der Waals surface area contributed by atoms with E-state index in [4.69, 9.17) is 0 Å². The molecule has 2 aromatic carbocycles. The van der Waals surface area contributed by atoms with Gasteiger partial charge in [-0.25, -0.2) is 13.1 Å². The zero-order valence-corrected chi connectivity index (χ0v) is 17.3. The Labute approximate surface area is 167 Å². The molecule has 0 heterocycles. The van der Waals surface area contributed by atoms with E-state index < -0.39 is 10.0 Å². The predicted molar refractivity (Wildman–Crippen MR) is 111 cm³/mol. The molecule has 1 amide bonds. The largest absolute Gasteiger partial charge is 0.349 e. The molecule has 3 rings (SSSR count). The first-order chi connectivity index (χ1) is 13.4. The van der Waals surface area contributed by atoms with Gasteiger partial charge in [0.15, 0.2) is 0 Å². The van der Waals surface area contributed by atoms with E-state index in [2.05, 4.69) is 10.0 Å². The smallest absolute Gasteiger partial charge is 0.251 e. The molecule has 0 saturated heterocycles. The van der Waals surface area contributed by atoms with Crippen LogP contribution in [0.1, 0.15) is 66.6 Å². The first-order valence-electron chi connectivity index (χ1n) is 9.85. The number of rotatable bonds is 6. The molecule has 0 aromatic heterocycles. The second-order valence-corrected chi connectivity index (χ2v) is 9.25. The van der Waals surface area contributed by atoms with Gasteiger partial charge in [0.25, 0.3) is 5.91 Å². The van der Waals surface area contributed by atoms with Crippen LogP contribution in [0.3, 0.4) is 0 Å². The van der Waals surface area contributed by atoms with Crippen molar-refractivity contribution in [1.29, 1.82) is 0 Å². The lowest BCUT2D eigenvalue weighted by molar-refractivity contribution is 0.0927. The number of amides is 1. The molecular weight excluding hydrogens is 372 g/mol. The van der Waals surface area contributed by atoms with Crippen molar-refractivity contribution in [2.24, 2.45) is 0 Å². The van der Waals surface area contributed by atoms with Gasteiger partial charge in [0.05, 0.1) is 4.90 Å². The van der Waals surface area contributed by atoms with Crippen molar-refractivity contribution in [3.05, 3.63) is 65.2 Å². The van der Waals surface area contributed by atoms with Crippen LogP contribution < -0.4 is 10.0 Å². The highest BCUT2D eigenvalue weighted by Crippen LogP contribution is 2.21. The number of carbonyl (C=O) groups is 1. The molecule has 1 aliphatic carbocycles. The van der Waals surface area contributed by atoms with E-state index in [1.807, 2.05) is 37.3 Å². The van der Waals surface area contributed by atoms with Crippen LogP contribution in [0.4, 0.5) is 0 Å². The maximum absolute atomic E-state index is 12.8. The van der Waals surface area contributed by atoms with Gasteiger partial charge in [0.2, 0.25) is 10.0 Å². The summed E-state index contributed by atoms with van der Waals surface area (Å²) < 4.78 is 28.4. The van der Waals surface area contributed by atoms with Crippen LogP contribution in [-0.4, -0.2) is 20.4 Å². The summed E-state index contributed by atoms with van der Waals surface area (Å²) in [4.78, 5) is 12.8. The molecule has 0 spiro atoms. The summed E-state index contributed by atoms with van der Waals surface area (Å²) in [7, 11) is -3.74. The van der Waals surface area contributed by atoms with Gasteiger partial charge in [-0.3, -0.25) is 4.79 Å². The molecule has 1 saturated carbocycles. The topological polar surface area (TPSA) is 75.3 Å². The summed E-state index contributed by atoms with van der Waals surface area (Å²) in [5, 5.41) is 3.07. The van der Waals surface area contributed by atoms with Crippen LogP contribution in [0.25, 0.3) is 0 Å². The van der Waals surface area contributed by atoms with Crippen molar-refractivity contribution < 1.29 is 13.2 Å². The van der Waals surface area contributed by atoms with E-state index in [1.54, 1.807) is 19.1 Å². The van der Waals surface area contributed by atoms with Crippen molar-refractivity contribution in [2.45, 2.75) is 62.9 Å². The Morgan fingerprint density at radius 2 is 1.71 bits per heavy atom. The fraction of sp³-hybridized carbons (Fsp3) is 0.409. The Balaban J connectivity index is 1.78. The average molecular weight is 401 g/mol. The Hall–Kier alpha value is -2.18. The van der Waals surface area contributed by atoms with E-state index in [0.717, 1.165) is 36.8 Å². The average Bonchev–Trinajstić information content (AvgIpc) is 2.69. The predicted octanol–water partition coefficient (Wildman–Crippen LogP) is 4.10. The van der Waals surface area contributed by atoms with Gasteiger partial charge in [-0.2, -0.15) is 0 Å². The van der Waals surface area contributed by atoms with Crippen molar-refractivity contribution in [3.63, 3.8) is 0 Å². The number of sulfonamides is 1. The molecule has 0 unspecified atom stereocenters. The van der Waals surface area contributed by atoms with E-state index in [-0.39, 0.29) is 22.9 Å². The zero-order valence-electron chi connectivity index (χ0n) is 16.4. The fourth-order valence-electron chi connectivity index (χ4n) is 3.63. The molecule has 1 fully saturated rings. The zero-order chi connectivity index (χ0) is 20.1. The van der Waals surface area contributed by atoms with Crippen LogP contribution >= 0.6 is 0 Å². The number of nitrogens with one attached hydrogen (secondary N) is 2. The van der Waals surface area contributed by atoms with Gasteiger partial charge in [-0.15, -0.1) is 0 Å². The second kappa shape index (κ2) is 8.88. The summed E-state index contributed by atoms with van der Waals surface area (Å²) in [5.41, 5.74) is 2.07. The van der Waals surface area contributed by atoms with E-state index >= 15 is 0 Å². The molecular formula is C22H28N2O3S. The number of aryl methyl sites for hydroxylation is 1. The van der Waals surface area contributed by atoms with Crippen molar-refractivity contribution in [1.82, 2.24) is 10.0 Å². The SMILES string of the molecule is Cc1ccc(S(=O)(=O)N[C@H](C)c2ccccc2)cc1C(=O)NC1CCCCC1. The summed E-state index contributed by atoms with van der Waals surface area (Å²) in [6.45, 7) is 3.63. The third-order valence-electron chi connectivity index (χ3n) is 5.34. The van der Waals surface area contributed by atoms with E-state index in [0.29, 0.717) is 5.56 Å². The van der Waals surface area contributed by atoms with Gasteiger partial charge in [0.1, 0.15) is 0 Å². The Morgan fingerprint density at radius 3 is 2.39 bits per heavy atom. The molecule has 150 valence electrons. The highest BCUT2D eigenvalue weighted by Gasteiger charge is 2.22. The van der Waals surface area contributed by atoms with Crippen molar-refractivity contribution >= 4 is 15.9 Å². The first kappa shape index (κ1) is 20.6. The fourth-order valence-corrected chi connectivity index (χ4v) is 4.89. The lowest BCUT2D eigenvalue weighted by Crippen LogP contribution is -2.36. The van der Waals surface area contributed by atoms with Gasteiger partial charge in [0, 0.05) is 17.6 Å². The summed E-state index contributed by atoms with van der Waals surface area (Å²) in [5.74, 6) is -0.197. The van der Waals surface area contributed by atoms with Crippen LogP contribution in [0.2, 0.25) is 0 Å². The van der Waals surface area contributed by atoms with Crippen molar-refractivity contribution in [2.75, 3.05) is 0 Å². The standard InChI is InChI=1S/C22H28N2O3S/c1-16-13-14-20(15-21(16)22(25)23-19-11-7-4-8-12-19)28(26,27)24-17(2)18-9-5-3-6-10-18/h3,5-6,9-10,13-15,17,19,24H,4,7-8,11-12H2,1-2H3,(H,23,25)/t17-/m1/s1.